The Hall–Kier alpha value is -3.67. The lowest BCUT2D eigenvalue weighted by Gasteiger charge is -2.05. The quantitative estimate of drug-likeness (QED) is 0.347. The Labute approximate surface area is 169 Å². The molecule has 1 aromatic heterocycles. The van der Waals surface area contributed by atoms with Crippen LogP contribution in [0.3, 0.4) is 0 Å². The fourth-order valence-corrected chi connectivity index (χ4v) is 2.89. The molecule has 0 radical (unpaired) electrons. The number of rotatable bonds is 7. The number of hydrogen-bond acceptors (Lipinski definition) is 5. The van der Waals surface area contributed by atoms with E-state index in [1.54, 1.807) is 30.3 Å². The fourth-order valence-electron chi connectivity index (χ4n) is 2.89. The van der Waals surface area contributed by atoms with Crippen LogP contribution in [-0.2, 0) is 9.53 Å². The van der Waals surface area contributed by atoms with Crippen LogP contribution >= 0.6 is 0 Å². The number of hydrogen-bond donors (Lipinski definition) is 0. The summed E-state index contributed by atoms with van der Waals surface area (Å²) in [7, 11) is 1.30. The second kappa shape index (κ2) is 9.01. The van der Waals surface area contributed by atoms with E-state index in [0.29, 0.717) is 11.3 Å². The van der Waals surface area contributed by atoms with Gasteiger partial charge in [-0.2, -0.15) is 5.10 Å². The molecule has 0 amide bonds. The van der Waals surface area contributed by atoms with Gasteiger partial charge in [0, 0.05) is 16.8 Å². The van der Waals surface area contributed by atoms with E-state index in [0.717, 1.165) is 22.6 Å². The topological polar surface area (TPSA) is 70.4 Å². The number of allylic oxidation sites excluding steroid dienone is 1. The molecule has 0 aliphatic heterocycles. The highest BCUT2D eigenvalue weighted by molar-refractivity contribution is 6.07. The van der Waals surface area contributed by atoms with Gasteiger partial charge in [-0.05, 0) is 62.4 Å². The molecule has 6 heteroatoms. The van der Waals surface area contributed by atoms with Crippen molar-refractivity contribution in [2.75, 3.05) is 13.7 Å². The summed E-state index contributed by atoms with van der Waals surface area (Å²) < 4.78 is 11.7. The van der Waals surface area contributed by atoms with Crippen LogP contribution in [0.5, 0.6) is 5.75 Å². The number of carbonyl (C=O) groups is 2. The van der Waals surface area contributed by atoms with E-state index < -0.39 is 5.97 Å². The van der Waals surface area contributed by atoms with Crippen molar-refractivity contribution in [2.45, 2.75) is 13.8 Å². The van der Waals surface area contributed by atoms with Gasteiger partial charge < -0.3 is 9.47 Å². The summed E-state index contributed by atoms with van der Waals surface area (Å²) in [5.74, 6) is -0.0996. The first-order chi connectivity index (χ1) is 14.0. The molecular formula is C23H22N2O4. The smallest absolute Gasteiger partial charge is 0.343 e. The van der Waals surface area contributed by atoms with Crippen molar-refractivity contribution in [3.63, 3.8) is 0 Å². The molecule has 0 atom stereocenters. The standard InChI is InChI=1S/C23H22N2O4/c1-16-21(17(2)25(24-16)19-7-5-4-6-8-19)13-14-22(26)18-9-11-20(12-10-18)29-15-23(27)28-3/h4-14H,15H2,1-3H3/b14-13+. The van der Waals surface area contributed by atoms with Gasteiger partial charge in [-0.3, -0.25) is 4.79 Å². The highest BCUT2D eigenvalue weighted by Crippen LogP contribution is 2.20. The molecule has 0 saturated heterocycles. The summed E-state index contributed by atoms with van der Waals surface area (Å²) >= 11 is 0. The van der Waals surface area contributed by atoms with Crippen molar-refractivity contribution in [3.05, 3.63) is 83.2 Å². The minimum absolute atomic E-state index is 0.129. The van der Waals surface area contributed by atoms with Gasteiger partial charge in [0.05, 0.1) is 18.5 Å². The number of ether oxygens (including phenoxy) is 2. The molecule has 6 nitrogen and oxygen atoms in total. The zero-order chi connectivity index (χ0) is 20.8. The molecular weight excluding hydrogens is 368 g/mol. The second-order valence-electron chi connectivity index (χ2n) is 6.42. The van der Waals surface area contributed by atoms with Crippen molar-refractivity contribution >= 4 is 17.8 Å². The molecule has 3 aromatic rings. The first-order valence-electron chi connectivity index (χ1n) is 9.13. The Balaban J connectivity index is 1.72. The van der Waals surface area contributed by atoms with E-state index in [9.17, 15) is 9.59 Å². The van der Waals surface area contributed by atoms with E-state index in [2.05, 4.69) is 9.84 Å². The lowest BCUT2D eigenvalue weighted by Crippen LogP contribution is -2.12. The van der Waals surface area contributed by atoms with E-state index in [1.165, 1.54) is 13.2 Å². The molecule has 0 aliphatic carbocycles. The molecule has 1 heterocycles. The lowest BCUT2D eigenvalue weighted by molar-refractivity contribution is -0.142. The minimum Gasteiger partial charge on any atom is -0.482 e. The number of methoxy groups -OCH3 is 1. The molecule has 0 saturated carbocycles. The maximum absolute atomic E-state index is 12.5. The summed E-state index contributed by atoms with van der Waals surface area (Å²) in [6.45, 7) is 3.72. The second-order valence-corrected chi connectivity index (χ2v) is 6.42. The molecule has 3 rings (SSSR count). The summed E-state index contributed by atoms with van der Waals surface area (Å²) in [4.78, 5) is 23.6. The first-order valence-corrected chi connectivity index (χ1v) is 9.13. The molecule has 0 spiro atoms. The zero-order valence-corrected chi connectivity index (χ0v) is 16.6. The van der Waals surface area contributed by atoms with Gasteiger partial charge in [0.25, 0.3) is 0 Å². The van der Waals surface area contributed by atoms with Gasteiger partial charge in [0.1, 0.15) is 5.75 Å². The van der Waals surface area contributed by atoms with Crippen molar-refractivity contribution in [1.29, 1.82) is 0 Å². The van der Waals surface area contributed by atoms with Gasteiger partial charge in [-0.1, -0.05) is 18.2 Å². The molecule has 0 fully saturated rings. The molecule has 0 N–H and O–H groups in total. The highest BCUT2D eigenvalue weighted by Gasteiger charge is 2.11. The average Bonchev–Trinajstić information content (AvgIpc) is 3.04. The number of para-hydroxylation sites is 1. The number of nitrogens with zero attached hydrogens (tertiary/aromatic N) is 2. The van der Waals surface area contributed by atoms with Gasteiger partial charge in [-0.25, -0.2) is 9.48 Å². The van der Waals surface area contributed by atoms with Crippen molar-refractivity contribution < 1.29 is 19.1 Å². The Morgan fingerprint density at radius 1 is 1.03 bits per heavy atom. The lowest BCUT2D eigenvalue weighted by atomic mass is 10.1. The summed E-state index contributed by atoms with van der Waals surface area (Å²) in [5, 5.41) is 4.58. The maximum atomic E-state index is 12.5. The third-order valence-corrected chi connectivity index (χ3v) is 4.47. The zero-order valence-electron chi connectivity index (χ0n) is 16.6. The SMILES string of the molecule is COC(=O)COc1ccc(C(=O)/C=C/c2c(C)nn(-c3ccccc3)c2C)cc1. The molecule has 29 heavy (non-hydrogen) atoms. The van der Waals surface area contributed by atoms with E-state index in [4.69, 9.17) is 4.74 Å². The molecule has 0 aliphatic rings. The number of benzene rings is 2. The third-order valence-electron chi connectivity index (χ3n) is 4.47. The fraction of sp³-hybridized carbons (Fsp3) is 0.174. The minimum atomic E-state index is -0.463. The maximum Gasteiger partial charge on any atom is 0.343 e. The number of ketones is 1. The summed E-state index contributed by atoms with van der Waals surface area (Å²) in [6, 6.07) is 16.5. The average molecular weight is 390 g/mol. The van der Waals surface area contributed by atoms with Crippen LogP contribution < -0.4 is 4.74 Å². The summed E-state index contributed by atoms with van der Waals surface area (Å²) in [6.07, 6.45) is 3.33. The van der Waals surface area contributed by atoms with Crippen LogP contribution in [0, 0.1) is 13.8 Å². The summed E-state index contributed by atoms with van der Waals surface area (Å²) in [5.41, 5.74) is 4.23. The van der Waals surface area contributed by atoms with Crippen LogP contribution in [0.2, 0.25) is 0 Å². The molecule has 148 valence electrons. The van der Waals surface area contributed by atoms with Crippen LogP contribution in [0.4, 0.5) is 0 Å². The Kier molecular flexibility index (Phi) is 6.24. The highest BCUT2D eigenvalue weighted by atomic mass is 16.6. The first kappa shape index (κ1) is 20.1. The number of aryl methyl sites for hydroxylation is 1. The van der Waals surface area contributed by atoms with Crippen molar-refractivity contribution in [1.82, 2.24) is 9.78 Å². The largest absolute Gasteiger partial charge is 0.482 e. The molecule has 2 aromatic carbocycles. The van der Waals surface area contributed by atoms with Gasteiger partial charge in [0.15, 0.2) is 12.4 Å². The molecule has 0 bridgehead atoms. The van der Waals surface area contributed by atoms with E-state index in [1.807, 2.05) is 48.9 Å². The van der Waals surface area contributed by atoms with E-state index >= 15 is 0 Å². The van der Waals surface area contributed by atoms with Crippen molar-refractivity contribution in [3.8, 4) is 11.4 Å². The normalized spacial score (nSPS) is 10.9. The Bertz CT molecular complexity index is 1030. The van der Waals surface area contributed by atoms with Crippen LogP contribution in [0.15, 0.2) is 60.7 Å². The van der Waals surface area contributed by atoms with E-state index in [-0.39, 0.29) is 12.4 Å². The Morgan fingerprint density at radius 3 is 2.38 bits per heavy atom. The Morgan fingerprint density at radius 2 is 1.72 bits per heavy atom. The van der Waals surface area contributed by atoms with Gasteiger partial charge >= 0.3 is 5.97 Å². The monoisotopic (exact) mass is 390 g/mol. The van der Waals surface area contributed by atoms with Crippen LogP contribution in [0.25, 0.3) is 11.8 Å². The van der Waals surface area contributed by atoms with Gasteiger partial charge in [-0.15, -0.1) is 0 Å². The van der Waals surface area contributed by atoms with Gasteiger partial charge in [0.2, 0.25) is 0 Å². The number of carbonyl (C=O) groups excluding carboxylic acids is 2. The van der Waals surface area contributed by atoms with Crippen LogP contribution in [-0.4, -0.2) is 35.2 Å². The predicted molar refractivity (Wildman–Crippen MR) is 110 cm³/mol. The van der Waals surface area contributed by atoms with Crippen LogP contribution in [0.1, 0.15) is 27.3 Å². The van der Waals surface area contributed by atoms with Crippen molar-refractivity contribution in [2.24, 2.45) is 0 Å². The molecule has 0 unspecified atom stereocenters. The predicted octanol–water partition coefficient (Wildman–Crippen LogP) is 3.94. The number of esters is 1. The number of aromatic nitrogens is 2. The third kappa shape index (κ3) is 4.79.